The number of fused-ring (bicyclic) bond motifs is 5. The molecule has 4 saturated carbocycles. The van der Waals surface area contributed by atoms with Crippen LogP contribution in [0.15, 0.2) is 41.6 Å². The SMILES string of the molecule is C=C=C(NCC1CCCC2C3CCC4CC(C)CCC4C3CCC12C)C1=CCCC=C1F. The molecule has 1 N–H and O–H groups in total. The molecule has 0 bridgehead atoms. The van der Waals surface area contributed by atoms with E-state index in [1.54, 1.807) is 6.08 Å². The highest BCUT2D eigenvalue weighted by Gasteiger charge is 2.55. The van der Waals surface area contributed by atoms with Crippen LogP contribution in [0.5, 0.6) is 0 Å². The molecule has 0 aromatic carbocycles. The van der Waals surface area contributed by atoms with Crippen LogP contribution in [0.2, 0.25) is 0 Å². The summed E-state index contributed by atoms with van der Waals surface area (Å²) in [7, 11) is 0. The largest absolute Gasteiger partial charge is 0.378 e. The van der Waals surface area contributed by atoms with E-state index in [9.17, 15) is 4.39 Å². The Balaban J connectivity index is 1.29. The Morgan fingerprint density at radius 3 is 2.69 bits per heavy atom. The molecule has 0 radical (unpaired) electrons. The molecule has 5 aliphatic rings. The molecule has 5 rings (SSSR count). The molecule has 0 aromatic heterocycles. The molecule has 32 heavy (non-hydrogen) atoms. The van der Waals surface area contributed by atoms with Crippen molar-refractivity contribution in [2.45, 2.75) is 90.9 Å². The summed E-state index contributed by atoms with van der Waals surface area (Å²) in [5, 5.41) is 3.61. The van der Waals surface area contributed by atoms with E-state index < -0.39 is 0 Å². The third-order valence-corrected chi connectivity index (χ3v) is 10.7. The van der Waals surface area contributed by atoms with Crippen molar-refractivity contribution < 1.29 is 4.39 Å². The average Bonchev–Trinajstić information content (AvgIpc) is 2.80. The molecule has 0 spiro atoms. The van der Waals surface area contributed by atoms with Gasteiger partial charge in [0.2, 0.25) is 0 Å². The number of halogens is 1. The van der Waals surface area contributed by atoms with E-state index in [-0.39, 0.29) is 5.83 Å². The van der Waals surface area contributed by atoms with Gasteiger partial charge in [0.15, 0.2) is 0 Å². The van der Waals surface area contributed by atoms with Gasteiger partial charge >= 0.3 is 0 Å². The first-order chi connectivity index (χ1) is 15.5. The van der Waals surface area contributed by atoms with Crippen LogP contribution in [0.1, 0.15) is 90.9 Å². The number of allylic oxidation sites excluding steroid dienone is 3. The van der Waals surface area contributed by atoms with Gasteiger partial charge in [0.05, 0.1) is 5.70 Å². The van der Waals surface area contributed by atoms with Gasteiger partial charge in [0.25, 0.3) is 0 Å². The maximum absolute atomic E-state index is 14.4. The molecule has 2 heteroatoms. The highest BCUT2D eigenvalue weighted by molar-refractivity contribution is 5.43. The van der Waals surface area contributed by atoms with Crippen LogP contribution >= 0.6 is 0 Å². The second-order valence-corrected chi connectivity index (χ2v) is 12.2. The molecular formula is C30H44FN. The van der Waals surface area contributed by atoms with Gasteiger partial charge in [-0.05, 0) is 117 Å². The predicted octanol–water partition coefficient (Wildman–Crippen LogP) is 8.11. The molecular weight excluding hydrogens is 393 g/mol. The third-order valence-electron chi connectivity index (χ3n) is 10.7. The van der Waals surface area contributed by atoms with Crippen LogP contribution in [0.4, 0.5) is 4.39 Å². The Bertz CT molecular complexity index is 817. The molecule has 5 aliphatic carbocycles. The number of hydrogen-bond acceptors (Lipinski definition) is 1. The minimum absolute atomic E-state index is 0.110. The van der Waals surface area contributed by atoms with E-state index in [1.165, 1.54) is 64.2 Å². The lowest BCUT2D eigenvalue weighted by atomic mass is 9.45. The maximum atomic E-state index is 14.4. The lowest BCUT2D eigenvalue weighted by Crippen LogP contribution is -2.54. The fourth-order valence-corrected chi connectivity index (χ4v) is 9.08. The van der Waals surface area contributed by atoms with E-state index in [4.69, 9.17) is 0 Å². The molecule has 4 fully saturated rings. The van der Waals surface area contributed by atoms with Crippen LogP contribution < -0.4 is 5.32 Å². The monoisotopic (exact) mass is 437 g/mol. The van der Waals surface area contributed by atoms with Crippen LogP contribution in [-0.4, -0.2) is 6.54 Å². The number of rotatable bonds is 4. The Kier molecular flexibility index (Phi) is 6.45. The summed E-state index contributed by atoms with van der Waals surface area (Å²) in [6, 6.07) is 0. The summed E-state index contributed by atoms with van der Waals surface area (Å²) in [4.78, 5) is 0. The van der Waals surface area contributed by atoms with Gasteiger partial charge in [-0.3, -0.25) is 0 Å². The average molecular weight is 438 g/mol. The van der Waals surface area contributed by atoms with Gasteiger partial charge in [-0.25, -0.2) is 4.39 Å². The van der Waals surface area contributed by atoms with Gasteiger partial charge in [0.1, 0.15) is 5.83 Å². The Hall–Kier alpha value is -1.27. The van der Waals surface area contributed by atoms with Gasteiger partial charge in [-0.2, -0.15) is 0 Å². The fraction of sp³-hybridized carbons (Fsp3) is 0.767. The quantitative estimate of drug-likeness (QED) is 0.438. The van der Waals surface area contributed by atoms with Crippen molar-refractivity contribution in [3.8, 4) is 0 Å². The maximum Gasteiger partial charge on any atom is 0.128 e. The van der Waals surface area contributed by atoms with Crippen molar-refractivity contribution in [3.05, 3.63) is 41.6 Å². The zero-order valence-corrected chi connectivity index (χ0v) is 20.5. The Morgan fingerprint density at radius 2 is 1.88 bits per heavy atom. The lowest BCUT2D eigenvalue weighted by Gasteiger charge is -2.60. The molecule has 0 aliphatic heterocycles. The van der Waals surface area contributed by atoms with E-state index in [0.29, 0.717) is 16.9 Å². The smallest absolute Gasteiger partial charge is 0.128 e. The van der Waals surface area contributed by atoms with Crippen LogP contribution in [0.3, 0.4) is 0 Å². The summed E-state index contributed by atoms with van der Waals surface area (Å²) in [6.45, 7) is 9.91. The fourth-order valence-electron chi connectivity index (χ4n) is 9.08. The molecule has 0 saturated heterocycles. The molecule has 176 valence electrons. The van der Waals surface area contributed by atoms with E-state index in [0.717, 1.165) is 60.6 Å². The van der Waals surface area contributed by atoms with Crippen molar-refractivity contribution in [2.24, 2.45) is 46.8 Å². The standard InChI is InChI=1S/C30H44FN/c1-4-29(26-9-5-6-11-28(26)31)32-19-22-8-7-10-27-25-15-13-21-18-20(2)12-14-23(21)24(25)16-17-30(22,27)3/h9,11,20-25,27,32H,1,5-8,10,12-19H2,2-3H3. The zero-order valence-electron chi connectivity index (χ0n) is 20.5. The highest BCUT2D eigenvalue weighted by atomic mass is 19.1. The first-order valence-corrected chi connectivity index (χ1v) is 13.7. The van der Waals surface area contributed by atoms with Crippen LogP contribution in [0.25, 0.3) is 0 Å². The second-order valence-electron chi connectivity index (χ2n) is 12.2. The summed E-state index contributed by atoms with van der Waals surface area (Å²) in [6.07, 6.45) is 19.8. The minimum Gasteiger partial charge on any atom is -0.378 e. The van der Waals surface area contributed by atoms with E-state index >= 15 is 0 Å². The molecule has 0 heterocycles. The van der Waals surface area contributed by atoms with Gasteiger partial charge < -0.3 is 5.32 Å². The summed E-state index contributed by atoms with van der Waals surface area (Å²) in [5.74, 6) is 6.42. The van der Waals surface area contributed by atoms with Crippen molar-refractivity contribution in [2.75, 3.05) is 6.54 Å². The van der Waals surface area contributed by atoms with Crippen molar-refractivity contribution >= 4 is 0 Å². The topological polar surface area (TPSA) is 12.0 Å². The molecule has 0 aromatic rings. The first kappa shape index (κ1) is 22.5. The molecule has 8 atom stereocenters. The zero-order chi connectivity index (χ0) is 22.3. The van der Waals surface area contributed by atoms with Crippen molar-refractivity contribution in [3.63, 3.8) is 0 Å². The minimum atomic E-state index is -0.110. The summed E-state index contributed by atoms with van der Waals surface area (Å²) >= 11 is 0. The van der Waals surface area contributed by atoms with Crippen molar-refractivity contribution in [1.82, 2.24) is 5.32 Å². The normalized spacial score (nSPS) is 43.5. The molecule has 1 nitrogen and oxygen atoms in total. The summed E-state index contributed by atoms with van der Waals surface area (Å²) < 4.78 is 14.4. The van der Waals surface area contributed by atoms with Crippen LogP contribution in [-0.2, 0) is 0 Å². The van der Waals surface area contributed by atoms with Gasteiger partial charge in [-0.1, -0.05) is 39.3 Å². The molecule has 0 amide bonds. The number of nitrogens with one attached hydrogen (secondary N) is 1. The van der Waals surface area contributed by atoms with Crippen LogP contribution in [0, 0.1) is 46.8 Å². The van der Waals surface area contributed by atoms with E-state index in [1.807, 2.05) is 6.08 Å². The highest BCUT2D eigenvalue weighted by Crippen LogP contribution is 2.63. The second kappa shape index (κ2) is 9.17. The lowest BCUT2D eigenvalue weighted by molar-refractivity contribution is -0.108. The van der Waals surface area contributed by atoms with E-state index in [2.05, 4.69) is 31.5 Å². The number of hydrogen-bond donors (Lipinski definition) is 1. The van der Waals surface area contributed by atoms with Gasteiger partial charge in [-0.15, -0.1) is 5.73 Å². The molecule has 8 unspecified atom stereocenters. The van der Waals surface area contributed by atoms with Gasteiger partial charge in [0, 0.05) is 12.1 Å². The summed E-state index contributed by atoms with van der Waals surface area (Å²) in [5.41, 5.74) is 4.90. The Morgan fingerprint density at radius 1 is 1.06 bits per heavy atom. The predicted molar refractivity (Wildman–Crippen MR) is 132 cm³/mol. The Labute approximate surface area is 195 Å². The first-order valence-electron chi connectivity index (χ1n) is 13.7. The van der Waals surface area contributed by atoms with Crippen molar-refractivity contribution in [1.29, 1.82) is 0 Å². The third kappa shape index (κ3) is 3.96.